The minimum Gasteiger partial charge on any atom is -0.388 e. The van der Waals surface area contributed by atoms with E-state index in [1.165, 1.54) is 12.4 Å². The van der Waals surface area contributed by atoms with Gasteiger partial charge in [-0.05, 0) is 18.9 Å². The van der Waals surface area contributed by atoms with Gasteiger partial charge in [0.2, 0.25) is 0 Å². The van der Waals surface area contributed by atoms with E-state index in [0.29, 0.717) is 10.6 Å². The first-order chi connectivity index (χ1) is 8.11. The monoisotopic (exact) mass is 254 g/mol. The van der Waals surface area contributed by atoms with Crippen LogP contribution in [0.3, 0.4) is 0 Å². The van der Waals surface area contributed by atoms with Crippen LogP contribution in [0.25, 0.3) is 0 Å². The second-order valence-corrected chi connectivity index (χ2v) is 4.88. The Kier molecular flexibility index (Phi) is 3.64. The quantitative estimate of drug-likeness (QED) is 0.864. The maximum Gasteiger partial charge on any atom is 0.253 e. The third kappa shape index (κ3) is 2.96. The zero-order valence-corrected chi connectivity index (χ0v) is 10.2. The van der Waals surface area contributed by atoms with Crippen LogP contribution in [0, 0.1) is 0 Å². The van der Waals surface area contributed by atoms with Crippen LogP contribution in [0.4, 0.5) is 0 Å². The summed E-state index contributed by atoms with van der Waals surface area (Å²) in [5.74, 6) is -0.266. The summed E-state index contributed by atoms with van der Waals surface area (Å²) in [6.45, 7) is 0.282. The number of nitrogens with zero attached hydrogens (tertiary/aromatic N) is 1. The number of amides is 1. The van der Waals surface area contributed by atoms with Gasteiger partial charge in [0.15, 0.2) is 0 Å². The molecule has 1 aliphatic carbocycles. The number of nitrogens with one attached hydrogen (secondary N) is 1. The molecule has 0 saturated heterocycles. The van der Waals surface area contributed by atoms with E-state index in [4.69, 9.17) is 11.6 Å². The van der Waals surface area contributed by atoms with Crippen molar-refractivity contribution in [3.05, 3.63) is 29.0 Å². The molecular formula is C12H15ClN2O2. The molecule has 0 aliphatic heterocycles. The summed E-state index contributed by atoms with van der Waals surface area (Å²) in [6, 6.07) is 1.57. The lowest BCUT2D eigenvalue weighted by molar-refractivity contribution is 0.0449. The van der Waals surface area contributed by atoms with Crippen LogP contribution in [0.15, 0.2) is 18.5 Å². The molecule has 0 unspecified atom stereocenters. The number of carbonyl (C=O) groups is 1. The second kappa shape index (κ2) is 5.02. The van der Waals surface area contributed by atoms with Gasteiger partial charge in [0.1, 0.15) is 0 Å². The summed E-state index contributed by atoms with van der Waals surface area (Å²) in [6.07, 6.45) is 6.48. The predicted molar refractivity (Wildman–Crippen MR) is 65.0 cm³/mol. The van der Waals surface area contributed by atoms with Gasteiger partial charge in [0.25, 0.3) is 5.91 Å². The van der Waals surface area contributed by atoms with Crippen molar-refractivity contribution in [2.24, 2.45) is 0 Å². The summed E-state index contributed by atoms with van der Waals surface area (Å²) in [7, 11) is 0. The molecule has 0 spiro atoms. The fourth-order valence-electron chi connectivity index (χ4n) is 2.11. The Bertz CT molecular complexity index is 417. The number of aliphatic hydroxyl groups is 1. The number of pyridine rings is 1. The lowest BCUT2D eigenvalue weighted by atomic mass is 10.0. The molecule has 5 heteroatoms. The minimum atomic E-state index is -0.741. The van der Waals surface area contributed by atoms with E-state index in [9.17, 15) is 9.90 Å². The third-order valence-electron chi connectivity index (χ3n) is 3.13. The first-order valence-corrected chi connectivity index (χ1v) is 6.09. The number of carbonyl (C=O) groups excluding carboxylic acids is 1. The van der Waals surface area contributed by atoms with E-state index in [1.807, 2.05) is 0 Å². The van der Waals surface area contributed by atoms with Crippen LogP contribution < -0.4 is 5.32 Å². The first kappa shape index (κ1) is 12.3. The molecule has 17 heavy (non-hydrogen) atoms. The molecule has 1 aromatic heterocycles. The molecule has 1 amide bonds. The molecule has 1 aromatic rings. The van der Waals surface area contributed by atoms with Crippen LogP contribution in [0.2, 0.25) is 5.02 Å². The van der Waals surface area contributed by atoms with Gasteiger partial charge < -0.3 is 10.4 Å². The fraction of sp³-hybridized carbons (Fsp3) is 0.500. The highest BCUT2D eigenvalue weighted by atomic mass is 35.5. The Morgan fingerprint density at radius 3 is 2.88 bits per heavy atom. The van der Waals surface area contributed by atoms with Crippen molar-refractivity contribution in [3.63, 3.8) is 0 Å². The topological polar surface area (TPSA) is 62.2 Å². The van der Waals surface area contributed by atoms with Gasteiger partial charge in [0.05, 0.1) is 16.2 Å². The van der Waals surface area contributed by atoms with Gasteiger partial charge >= 0.3 is 0 Å². The summed E-state index contributed by atoms with van der Waals surface area (Å²) in [5.41, 5.74) is -0.349. The molecule has 0 radical (unpaired) electrons. The van der Waals surface area contributed by atoms with Crippen molar-refractivity contribution in [2.45, 2.75) is 31.3 Å². The Hall–Kier alpha value is -1.13. The molecule has 1 fully saturated rings. The summed E-state index contributed by atoms with van der Waals surface area (Å²) < 4.78 is 0. The fourth-order valence-corrected chi connectivity index (χ4v) is 2.31. The van der Waals surface area contributed by atoms with E-state index in [0.717, 1.165) is 25.7 Å². The Morgan fingerprint density at radius 2 is 2.24 bits per heavy atom. The molecule has 0 aromatic carbocycles. The van der Waals surface area contributed by atoms with Crippen molar-refractivity contribution in [1.82, 2.24) is 10.3 Å². The molecular weight excluding hydrogens is 240 g/mol. The zero-order chi connectivity index (χ0) is 12.3. The molecule has 92 valence electrons. The number of hydrogen-bond donors (Lipinski definition) is 2. The molecule has 2 rings (SSSR count). The van der Waals surface area contributed by atoms with Crippen LogP contribution in [-0.2, 0) is 0 Å². The Morgan fingerprint density at radius 1 is 1.53 bits per heavy atom. The normalized spacial score (nSPS) is 18.0. The van der Waals surface area contributed by atoms with Gasteiger partial charge in [-0.2, -0.15) is 0 Å². The smallest absolute Gasteiger partial charge is 0.253 e. The largest absolute Gasteiger partial charge is 0.388 e. The van der Waals surface area contributed by atoms with Gasteiger partial charge in [-0.25, -0.2) is 0 Å². The molecule has 1 saturated carbocycles. The van der Waals surface area contributed by atoms with Crippen LogP contribution in [0.5, 0.6) is 0 Å². The van der Waals surface area contributed by atoms with E-state index < -0.39 is 5.60 Å². The summed E-state index contributed by atoms with van der Waals surface area (Å²) in [5, 5.41) is 13.1. The van der Waals surface area contributed by atoms with Gasteiger partial charge in [-0.1, -0.05) is 24.4 Å². The minimum absolute atomic E-state index is 0.266. The SMILES string of the molecule is O=C(NCC1(O)CCCC1)c1ccncc1Cl. The highest BCUT2D eigenvalue weighted by Crippen LogP contribution is 2.28. The predicted octanol–water partition coefficient (Wildman–Crippen LogP) is 1.77. The highest BCUT2D eigenvalue weighted by molar-refractivity contribution is 6.33. The number of aromatic nitrogens is 1. The van der Waals surface area contributed by atoms with Gasteiger partial charge in [-0.15, -0.1) is 0 Å². The standard InChI is InChI=1S/C12H15ClN2O2/c13-10-7-14-6-3-9(10)11(16)15-8-12(17)4-1-2-5-12/h3,6-7,17H,1-2,4-5,8H2,(H,15,16). The van der Waals surface area contributed by atoms with Gasteiger partial charge in [0, 0.05) is 18.9 Å². The van der Waals surface area contributed by atoms with Crippen molar-refractivity contribution in [1.29, 1.82) is 0 Å². The molecule has 1 aliphatic rings. The van der Waals surface area contributed by atoms with Crippen LogP contribution >= 0.6 is 11.6 Å². The Balaban J connectivity index is 1.96. The van der Waals surface area contributed by atoms with E-state index in [1.54, 1.807) is 6.07 Å². The number of rotatable bonds is 3. The lowest BCUT2D eigenvalue weighted by Gasteiger charge is -2.22. The summed E-state index contributed by atoms with van der Waals surface area (Å²) in [4.78, 5) is 15.6. The maximum absolute atomic E-state index is 11.8. The lowest BCUT2D eigenvalue weighted by Crippen LogP contribution is -2.40. The van der Waals surface area contributed by atoms with Crippen molar-refractivity contribution < 1.29 is 9.90 Å². The molecule has 0 bridgehead atoms. The van der Waals surface area contributed by atoms with E-state index in [2.05, 4.69) is 10.3 Å². The average Bonchev–Trinajstić information content (AvgIpc) is 2.74. The number of halogens is 1. The van der Waals surface area contributed by atoms with Crippen molar-refractivity contribution >= 4 is 17.5 Å². The van der Waals surface area contributed by atoms with Gasteiger partial charge in [-0.3, -0.25) is 9.78 Å². The number of hydrogen-bond acceptors (Lipinski definition) is 3. The molecule has 0 atom stereocenters. The van der Waals surface area contributed by atoms with Crippen LogP contribution in [0.1, 0.15) is 36.0 Å². The first-order valence-electron chi connectivity index (χ1n) is 5.71. The van der Waals surface area contributed by atoms with Crippen molar-refractivity contribution in [2.75, 3.05) is 6.54 Å². The maximum atomic E-state index is 11.8. The highest BCUT2D eigenvalue weighted by Gasteiger charge is 2.31. The summed E-state index contributed by atoms with van der Waals surface area (Å²) >= 11 is 5.86. The third-order valence-corrected chi connectivity index (χ3v) is 3.43. The molecule has 2 N–H and O–H groups in total. The second-order valence-electron chi connectivity index (χ2n) is 4.47. The zero-order valence-electron chi connectivity index (χ0n) is 9.45. The van der Waals surface area contributed by atoms with Crippen molar-refractivity contribution in [3.8, 4) is 0 Å². The molecule has 1 heterocycles. The average molecular weight is 255 g/mol. The van der Waals surface area contributed by atoms with Crippen LogP contribution in [-0.4, -0.2) is 28.1 Å². The van der Waals surface area contributed by atoms with E-state index >= 15 is 0 Å². The van der Waals surface area contributed by atoms with E-state index in [-0.39, 0.29) is 12.5 Å². The molecule has 4 nitrogen and oxygen atoms in total. The Labute approximate surface area is 105 Å².